The number of benzene rings is 2. The number of methoxy groups -OCH3 is 1. The van der Waals surface area contributed by atoms with Gasteiger partial charge < -0.3 is 14.5 Å². The molecule has 2 aliphatic heterocycles. The molecule has 1 fully saturated rings. The van der Waals surface area contributed by atoms with Crippen LogP contribution in [-0.4, -0.2) is 49.0 Å². The van der Waals surface area contributed by atoms with E-state index in [2.05, 4.69) is 53.5 Å². The fraction of sp³-hybridized carbons (Fsp3) is 0.444. The van der Waals surface area contributed by atoms with Crippen LogP contribution in [0.4, 0.5) is 0 Å². The number of likely N-dealkylation sites (tertiary alicyclic amines) is 1. The molecule has 1 amide bonds. The SMILES string of the molecule is COc1cccc(CN2CC=CC[C@H](C3CCN(CCc4ccccc4)CC3)C2=O)c1. The van der Waals surface area contributed by atoms with Crippen molar-refractivity contribution in [3.05, 3.63) is 77.9 Å². The van der Waals surface area contributed by atoms with Crippen LogP contribution in [0.25, 0.3) is 0 Å². The van der Waals surface area contributed by atoms with Crippen molar-refractivity contribution in [2.45, 2.75) is 32.2 Å². The van der Waals surface area contributed by atoms with E-state index in [1.54, 1.807) is 7.11 Å². The number of hydrogen-bond donors (Lipinski definition) is 0. The number of nitrogens with zero attached hydrogens (tertiary/aromatic N) is 2. The minimum atomic E-state index is 0.112. The highest BCUT2D eigenvalue weighted by Crippen LogP contribution is 2.31. The Kier molecular flexibility index (Phi) is 7.42. The monoisotopic (exact) mass is 418 g/mol. The molecular formula is C27H34N2O2. The van der Waals surface area contributed by atoms with Gasteiger partial charge in [-0.05, 0) is 68.0 Å². The van der Waals surface area contributed by atoms with Crippen molar-refractivity contribution in [3.63, 3.8) is 0 Å². The molecule has 164 valence electrons. The first-order valence-electron chi connectivity index (χ1n) is 11.6. The van der Waals surface area contributed by atoms with E-state index in [1.807, 2.05) is 23.1 Å². The zero-order valence-electron chi connectivity index (χ0n) is 18.6. The Hall–Kier alpha value is -2.59. The fourth-order valence-electron chi connectivity index (χ4n) is 4.91. The van der Waals surface area contributed by atoms with Gasteiger partial charge in [-0.2, -0.15) is 0 Å². The van der Waals surface area contributed by atoms with Crippen molar-refractivity contribution in [1.82, 2.24) is 9.80 Å². The van der Waals surface area contributed by atoms with Gasteiger partial charge in [-0.1, -0.05) is 54.6 Å². The van der Waals surface area contributed by atoms with Crippen LogP contribution in [0, 0.1) is 11.8 Å². The van der Waals surface area contributed by atoms with Gasteiger partial charge in [-0.15, -0.1) is 0 Å². The second-order valence-electron chi connectivity index (χ2n) is 8.80. The number of ether oxygens (including phenoxy) is 1. The van der Waals surface area contributed by atoms with Crippen molar-refractivity contribution >= 4 is 5.91 Å². The highest BCUT2D eigenvalue weighted by molar-refractivity contribution is 5.80. The van der Waals surface area contributed by atoms with Crippen molar-refractivity contribution < 1.29 is 9.53 Å². The molecule has 0 saturated carbocycles. The smallest absolute Gasteiger partial charge is 0.226 e. The third-order valence-electron chi connectivity index (χ3n) is 6.78. The molecule has 0 bridgehead atoms. The van der Waals surface area contributed by atoms with Crippen LogP contribution in [0.3, 0.4) is 0 Å². The van der Waals surface area contributed by atoms with Crippen LogP contribution in [0.2, 0.25) is 0 Å². The second kappa shape index (κ2) is 10.6. The molecule has 2 heterocycles. The van der Waals surface area contributed by atoms with Crippen molar-refractivity contribution in [3.8, 4) is 5.75 Å². The first-order chi connectivity index (χ1) is 15.2. The molecule has 0 unspecified atom stereocenters. The minimum absolute atomic E-state index is 0.112. The lowest BCUT2D eigenvalue weighted by Crippen LogP contribution is -2.42. The average molecular weight is 419 g/mol. The molecule has 4 nitrogen and oxygen atoms in total. The van der Waals surface area contributed by atoms with Gasteiger partial charge in [0.2, 0.25) is 5.91 Å². The first kappa shape index (κ1) is 21.6. The summed E-state index contributed by atoms with van der Waals surface area (Å²) < 4.78 is 5.35. The summed E-state index contributed by atoms with van der Waals surface area (Å²) in [7, 11) is 1.68. The molecule has 1 saturated heterocycles. The minimum Gasteiger partial charge on any atom is -0.497 e. The lowest BCUT2D eigenvalue weighted by Gasteiger charge is -2.36. The van der Waals surface area contributed by atoms with Gasteiger partial charge in [0, 0.05) is 25.6 Å². The molecule has 0 spiro atoms. The number of piperidine rings is 1. The molecule has 1 atom stereocenters. The quantitative estimate of drug-likeness (QED) is 0.618. The molecular weight excluding hydrogens is 384 g/mol. The summed E-state index contributed by atoms with van der Waals surface area (Å²) in [5, 5.41) is 0. The number of rotatable bonds is 7. The van der Waals surface area contributed by atoms with Gasteiger partial charge in [-0.25, -0.2) is 0 Å². The summed E-state index contributed by atoms with van der Waals surface area (Å²) in [4.78, 5) is 18.0. The van der Waals surface area contributed by atoms with E-state index >= 15 is 0 Å². The molecule has 2 aromatic rings. The summed E-state index contributed by atoms with van der Waals surface area (Å²) in [5.41, 5.74) is 2.53. The van der Waals surface area contributed by atoms with E-state index < -0.39 is 0 Å². The Morgan fingerprint density at radius 2 is 1.74 bits per heavy atom. The van der Waals surface area contributed by atoms with Crippen LogP contribution < -0.4 is 4.74 Å². The summed E-state index contributed by atoms with van der Waals surface area (Å²) >= 11 is 0. The van der Waals surface area contributed by atoms with E-state index in [0.717, 1.165) is 56.6 Å². The highest BCUT2D eigenvalue weighted by Gasteiger charge is 2.34. The molecule has 31 heavy (non-hydrogen) atoms. The summed E-state index contributed by atoms with van der Waals surface area (Å²) in [6, 6.07) is 18.8. The highest BCUT2D eigenvalue weighted by atomic mass is 16.5. The van der Waals surface area contributed by atoms with Gasteiger partial charge in [0.1, 0.15) is 5.75 Å². The molecule has 2 aliphatic rings. The second-order valence-corrected chi connectivity index (χ2v) is 8.80. The molecule has 0 N–H and O–H groups in total. The van der Waals surface area contributed by atoms with Crippen LogP contribution in [0.1, 0.15) is 30.4 Å². The van der Waals surface area contributed by atoms with Crippen LogP contribution in [0.5, 0.6) is 5.75 Å². The van der Waals surface area contributed by atoms with Crippen LogP contribution >= 0.6 is 0 Å². The summed E-state index contributed by atoms with van der Waals surface area (Å²) in [5.74, 6) is 1.75. The molecule has 4 rings (SSSR count). The zero-order chi connectivity index (χ0) is 21.5. The van der Waals surface area contributed by atoms with E-state index in [1.165, 1.54) is 5.56 Å². The predicted octanol–water partition coefficient (Wildman–Crippen LogP) is 4.55. The molecule has 0 radical (unpaired) electrons. The van der Waals surface area contributed by atoms with Gasteiger partial charge in [-0.3, -0.25) is 4.79 Å². The topological polar surface area (TPSA) is 32.8 Å². The lowest BCUT2D eigenvalue weighted by atomic mass is 9.81. The maximum absolute atomic E-state index is 13.4. The van der Waals surface area contributed by atoms with Gasteiger partial charge >= 0.3 is 0 Å². The zero-order valence-corrected chi connectivity index (χ0v) is 18.6. The van der Waals surface area contributed by atoms with Crippen LogP contribution in [-0.2, 0) is 17.8 Å². The third-order valence-corrected chi connectivity index (χ3v) is 6.78. The number of carbonyl (C=O) groups excluding carboxylic acids is 1. The van der Waals surface area contributed by atoms with Crippen molar-refractivity contribution in [1.29, 1.82) is 0 Å². The number of allylic oxidation sites excluding steroid dienone is 1. The Bertz CT molecular complexity index is 872. The number of amides is 1. The largest absolute Gasteiger partial charge is 0.497 e. The van der Waals surface area contributed by atoms with Gasteiger partial charge in [0.05, 0.1) is 7.11 Å². The van der Waals surface area contributed by atoms with E-state index in [-0.39, 0.29) is 5.92 Å². The first-order valence-corrected chi connectivity index (χ1v) is 11.6. The lowest BCUT2D eigenvalue weighted by molar-refractivity contribution is -0.137. The van der Waals surface area contributed by atoms with Gasteiger partial charge in [0.25, 0.3) is 0 Å². The number of hydrogen-bond acceptors (Lipinski definition) is 3. The van der Waals surface area contributed by atoms with E-state index in [0.29, 0.717) is 24.9 Å². The standard InChI is InChI=1S/C27H34N2O2/c1-31-25-11-7-10-23(20-25)21-29-16-6-5-12-26(27(29)30)24-14-18-28(19-15-24)17-13-22-8-3-2-4-9-22/h2-11,20,24,26H,12-19,21H2,1H3/t26-/m1/s1. The van der Waals surface area contributed by atoms with E-state index in [4.69, 9.17) is 4.74 Å². The van der Waals surface area contributed by atoms with Crippen LogP contribution in [0.15, 0.2) is 66.7 Å². The third kappa shape index (κ3) is 5.76. The fourth-order valence-corrected chi connectivity index (χ4v) is 4.91. The Balaban J connectivity index is 1.32. The Morgan fingerprint density at radius 1 is 0.968 bits per heavy atom. The predicted molar refractivity (Wildman–Crippen MR) is 125 cm³/mol. The molecule has 4 heteroatoms. The van der Waals surface area contributed by atoms with Crippen molar-refractivity contribution in [2.75, 3.05) is 33.3 Å². The molecule has 0 aromatic heterocycles. The summed E-state index contributed by atoms with van der Waals surface area (Å²) in [6.07, 6.45) is 8.59. The molecule has 0 aliphatic carbocycles. The van der Waals surface area contributed by atoms with E-state index in [9.17, 15) is 4.79 Å². The molecule has 2 aromatic carbocycles. The summed E-state index contributed by atoms with van der Waals surface area (Å²) in [6.45, 7) is 4.65. The van der Waals surface area contributed by atoms with Crippen molar-refractivity contribution in [2.24, 2.45) is 11.8 Å². The number of carbonyl (C=O) groups is 1. The maximum Gasteiger partial charge on any atom is 0.226 e. The Morgan fingerprint density at radius 3 is 2.52 bits per heavy atom. The van der Waals surface area contributed by atoms with Gasteiger partial charge in [0.15, 0.2) is 0 Å². The normalized spacial score (nSPS) is 20.6. The average Bonchev–Trinajstić information content (AvgIpc) is 3.00. The Labute approximate surface area is 186 Å². The maximum atomic E-state index is 13.4.